The van der Waals surface area contributed by atoms with Crippen molar-refractivity contribution in [2.45, 2.75) is 18.9 Å². The van der Waals surface area contributed by atoms with Gasteiger partial charge in [-0.2, -0.15) is 0 Å². The van der Waals surface area contributed by atoms with E-state index in [1.807, 2.05) is 0 Å². The first kappa shape index (κ1) is 12.5. The van der Waals surface area contributed by atoms with Crippen molar-refractivity contribution < 1.29 is 18.7 Å². The van der Waals surface area contributed by atoms with Crippen LogP contribution < -0.4 is 11.1 Å². The number of furan rings is 1. The van der Waals surface area contributed by atoms with E-state index >= 15 is 0 Å². The highest BCUT2D eigenvalue weighted by molar-refractivity contribution is 5.94. The predicted octanol–water partition coefficient (Wildman–Crippen LogP) is 1.45. The number of carbonyl (C=O) groups excluding carboxylic acids is 2. The maximum Gasteiger partial charge on any atom is 0.374 e. The molecule has 0 spiro atoms. The number of carbonyl (C=O) groups is 2. The van der Waals surface area contributed by atoms with Gasteiger partial charge in [0, 0.05) is 17.1 Å². The normalized spacial score (nSPS) is 14.2. The summed E-state index contributed by atoms with van der Waals surface area (Å²) in [6.45, 7) is -0.297. The predicted molar refractivity (Wildman–Crippen MR) is 72.1 cm³/mol. The summed E-state index contributed by atoms with van der Waals surface area (Å²) in [4.78, 5) is 23.2. The second kappa shape index (κ2) is 4.88. The second-order valence-corrected chi connectivity index (χ2v) is 4.83. The van der Waals surface area contributed by atoms with Crippen molar-refractivity contribution in [2.24, 2.45) is 0 Å². The molecule has 3 N–H and O–H groups in total. The van der Waals surface area contributed by atoms with E-state index < -0.39 is 5.97 Å². The summed E-state index contributed by atoms with van der Waals surface area (Å²) in [7, 11) is 0. The first-order valence-corrected chi connectivity index (χ1v) is 6.37. The number of rotatable bonds is 4. The first-order valence-electron chi connectivity index (χ1n) is 6.37. The lowest BCUT2D eigenvalue weighted by Gasteiger charge is -2.03. The molecule has 0 aliphatic heterocycles. The van der Waals surface area contributed by atoms with Crippen LogP contribution in [0.5, 0.6) is 0 Å². The zero-order chi connectivity index (χ0) is 14.1. The molecule has 1 aliphatic carbocycles. The van der Waals surface area contributed by atoms with Gasteiger partial charge < -0.3 is 20.2 Å². The summed E-state index contributed by atoms with van der Waals surface area (Å²) in [6.07, 6.45) is 1.98. The largest absolute Gasteiger partial charge is 0.450 e. The number of hydrogen-bond acceptors (Lipinski definition) is 5. The molecule has 0 bridgehead atoms. The summed E-state index contributed by atoms with van der Waals surface area (Å²) in [5.74, 6) is -0.892. The first-order chi connectivity index (χ1) is 9.61. The molecule has 1 amide bonds. The van der Waals surface area contributed by atoms with Crippen LogP contribution in [-0.2, 0) is 9.53 Å². The van der Waals surface area contributed by atoms with Crippen molar-refractivity contribution in [2.75, 3.05) is 12.3 Å². The molecule has 1 aromatic carbocycles. The molecule has 20 heavy (non-hydrogen) atoms. The van der Waals surface area contributed by atoms with Gasteiger partial charge in [-0.1, -0.05) is 0 Å². The smallest absolute Gasteiger partial charge is 0.374 e. The molecule has 0 radical (unpaired) electrons. The third-order valence-electron chi connectivity index (χ3n) is 3.02. The molecule has 0 atom stereocenters. The van der Waals surface area contributed by atoms with E-state index in [0.717, 1.165) is 18.2 Å². The molecule has 1 saturated carbocycles. The number of nitrogens with two attached hydrogens (primary N) is 1. The zero-order valence-corrected chi connectivity index (χ0v) is 10.7. The average molecular weight is 274 g/mol. The van der Waals surface area contributed by atoms with Gasteiger partial charge >= 0.3 is 5.97 Å². The molecule has 1 aliphatic rings. The highest BCUT2D eigenvalue weighted by Gasteiger charge is 2.24. The van der Waals surface area contributed by atoms with E-state index in [9.17, 15) is 9.59 Å². The summed E-state index contributed by atoms with van der Waals surface area (Å²) < 4.78 is 10.3. The minimum Gasteiger partial charge on any atom is -0.450 e. The van der Waals surface area contributed by atoms with Crippen LogP contribution in [0.25, 0.3) is 11.0 Å². The maximum atomic E-state index is 11.8. The van der Waals surface area contributed by atoms with Gasteiger partial charge in [-0.05, 0) is 37.1 Å². The van der Waals surface area contributed by atoms with Crippen LogP contribution in [0.1, 0.15) is 23.4 Å². The number of benzene rings is 1. The van der Waals surface area contributed by atoms with Crippen LogP contribution >= 0.6 is 0 Å². The minimum absolute atomic E-state index is 0.0600. The molecule has 3 rings (SSSR count). The Labute approximate surface area is 114 Å². The fourth-order valence-electron chi connectivity index (χ4n) is 1.86. The standard InChI is InChI=1S/C14H14N2O4/c15-9-1-4-11-8(5-9)6-12(20-11)14(18)19-7-13(17)16-10-2-3-10/h1,4-6,10H,2-3,7,15H2,(H,16,17). The lowest BCUT2D eigenvalue weighted by Crippen LogP contribution is -2.30. The number of fused-ring (bicyclic) bond motifs is 1. The van der Waals surface area contributed by atoms with Gasteiger partial charge in [-0.15, -0.1) is 0 Å². The molecule has 0 unspecified atom stereocenters. The molecule has 1 heterocycles. The Hall–Kier alpha value is -2.50. The molecule has 1 fully saturated rings. The Bertz CT molecular complexity index is 673. The number of nitrogens with one attached hydrogen (secondary N) is 1. The van der Waals surface area contributed by atoms with Gasteiger partial charge in [-0.25, -0.2) is 4.79 Å². The monoisotopic (exact) mass is 274 g/mol. The van der Waals surface area contributed by atoms with E-state index in [2.05, 4.69) is 5.32 Å². The fraction of sp³-hybridized carbons (Fsp3) is 0.286. The van der Waals surface area contributed by atoms with Gasteiger partial charge in [-0.3, -0.25) is 4.79 Å². The van der Waals surface area contributed by atoms with E-state index in [-0.39, 0.29) is 24.3 Å². The fourth-order valence-corrected chi connectivity index (χ4v) is 1.86. The van der Waals surface area contributed by atoms with Crippen molar-refractivity contribution in [1.29, 1.82) is 0 Å². The van der Waals surface area contributed by atoms with Gasteiger partial charge in [0.25, 0.3) is 5.91 Å². The van der Waals surface area contributed by atoms with Crippen LogP contribution in [0, 0.1) is 0 Å². The molecule has 104 valence electrons. The number of hydrogen-bond donors (Lipinski definition) is 2. The summed E-state index contributed by atoms with van der Waals surface area (Å²) in [5.41, 5.74) is 6.78. The zero-order valence-electron chi connectivity index (χ0n) is 10.7. The van der Waals surface area contributed by atoms with Crippen molar-refractivity contribution in [3.8, 4) is 0 Å². The maximum absolute atomic E-state index is 11.8. The van der Waals surface area contributed by atoms with Crippen LogP contribution in [0.2, 0.25) is 0 Å². The van der Waals surface area contributed by atoms with E-state index in [1.54, 1.807) is 24.3 Å². The third kappa shape index (κ3) is 2.74. The van der Waals surface area contributed by atoms with E-state index in [1.165, 1.54) is 0 Å². The van der Waals surface area contributed by atoms with Crippen molar-refractivity contribution >= 4 is 28.5 Å². The van der Waals surface area contributed by atoms with Gasteiger partial charge in [0.1, 0.15) is 5.58 Å². The highest BCUT2D eigenvalue weighted by Crippen LogP contribution is 2.22. The van der Waals surface area contributed by atoms with Gasteiger partial charge in [0.05, 0.1) is 0 Å². The molecular weight excluding hydrogens is 260 g/mol. The van der Waals surface area contributed by atoms with Crippen LogP contribution in [0.4, 0.5) is 5.69 Å². The number of ether oxygens (including phenoxy) is 1. The SMILES string of the molecule is Nc1ccc2oc(C(=O)OCC(=O)NC3CC3)cc2c1. The van der Waals surface area contributed by atoms with Crippen LogP contribution in [0.3, 0.4) is 0 Å². The molecule has 6 nitrogen and oxygen atoms in total. The Morgan fingerprint density at radius 3 is 2.90 bits per heavy atom. The summed E-state index contributed by atoms with van der Waals surface area (Å²) in [6, 6.07) is 6.86. The van der Waals surface area contributed by atoms with Crippen LogP contribution in [-0.4, -0.2) is 24.5 Å². The number of anilines is 1. The molecule has 1 aromatic heterocycles. The topological polar surface area (TPSA) is 94.6 Å². The Morgan fingerprint density at radius 2 is 2.15 bits per heavy atom. The molecular formula is C14H14N2O4. The molecule has 6 heteroatoms. The Morgan fingerprint density at radius 1 is 1.35 bits per heavy atom. The second-order valence-electron chi connectivity index (χ2n) is 4.83. The molecule has 0 saturated heterocycles. The minimum atomic E-state index is -0.661. The van der Waals surface area contributed by atoms with Crippen molar-refractivity contribution in [3.05, 3.63) is 30.0 Å². The van der Waals surface area contributed by atoms with Crippen molar-refractivity contribution in [3.63, 3.8) is 0 Å². The summed E-state index contributed by atoms with van der Waals surface area (Å²) in [5, 5.41) is 3.45. The third-order valence-corrected chi connectivity index (χ3v) is 3.02. The van der Waals surface area contributed by atoms with Crippen molar-refractivity contribution in [1.82, 2.24) is 5.32 Å². The lowest BCUT2D eigenvalue weighted by molar-refractivity contribution is -0.124. The van der Waals surface area contributed by atoms with E-state index in [4.69, 9.17) is 14.9 Å². The summed E-state index contributed by atoms with van der Waals surface area (Å²) >= 11 is 0. The van der Waals surface area contributed by atoms with Gasteiger partial charge in [0.15, 0.2) is 6.61 Å². The lowest BCUT2D eigenvalue weighted by atomic mass is 10.2. The Balaban J connectivity index is 1.64. The highest BCUT2D eigenvalue weighted by atomic mass is 16.5. The number of esters is 1. The average Bonchev–Trinajstić information content (AvgIpc) is 3.12. The van der Waals surface area contributed by atoms with E-state index in [0.29, 0.717) is 11.3 Å². The number of amides is 1. The Kier molecular flexibility index (Phi) is 3.06. The van der Waals surface area contributed by atoms with Crippen LogP contribution in [0.15, 0.2) is 28.7 Å². The quantitative estimate of drug-likeness (QED) is 0.650. The number of nitrogen functional groups attached to an aromatic ring is 1. The van der Waals surface area contributed by atoms with Gasteiger partial charge in [0.2, 0.25) is 5.76 Å². The molecule has 2 aromatic rings.